The first kappa shape index (κ1) is 11.5. The molecule has 0 saturated heterocycles. The third kappa shape index (κ3) is 2.98. The van der Waals surface area contributed by atoms with E-state index in [0.29, 0.717) is 24.4 Å². The molecule has 2 N–H and O–H groups in total. The molecular weight excluding hydrogens is 176 g/mol. The highest BCUT2D eigenvalue weighted by Crippen LogP contribution is 2.28. The fourth-order valence-electron chi connectivity index (χ4n) is 2.36. The Balaban J connectivity index is 2.43. The Morgan fingerprint density at radius 3 is 2.36 bits per heavy atom. The third-order valence-corrected chi connectivity index (χ3v) is 3.21. The van der Waals surface area contributed by atoms with Crippen LogP contribution in [0.25, 0.3) is 0 Å². The van der Waals surface area contributed by atoms with Crippen LogP contribution in [0.4, 0.5) is 0 Å². The van der Waals surface area contributed by atoms with Gasteiger partial charge in [0.25, 0.3) is 0 Å². The highest BCUT2D eigenvalue weighted by molar-refractivity contribution is 5.78. The summed E-state index contributed by atoms with van der Waals surface area (Å²) >= 11 is 0. The van der Waals surface area contributed by atoms with Crippen molar-refractivity contribution in [2.45, 2.75) is 39.2 Å². The van der Waals surface area contributed by atoms with Crippen LogP contribution in [0.2, 0.25) is 0 Å². The van der Waals surface area contributed by atoms with E-state index in [1.807, 2.05) is 0 Å². The van der Waals surface area contributed by atoms with Crippen molar-refractivity contribution in [3.05, 3.63) is 0 Å². The maximum absolute atomic E-state index is 11.4. The van der Waals surface area contributed by atoms with Crippen molar-refractivity contribution in [1.82, 2.24) is 10.6 Å². The van der Waals surface area contributed by atoms with Gasteiger partial charge in [-0.3, -0.25) is 4.79 Å². The van der Waals surface area contributed by atoms with Crippen LogP contribution in [0.15, 0.2) is 0 Å². The minimum Gasteiger partial charge on any atom is -0.352 e. The van der Waals surface area contributed by atoms with Gasteiger partial charge >= 0.3 is 0 Å². The predicted octanol–water partition coefficient (Wildman–Crippen LogP) is 1.15. The SMILES string of the molecule is CNCC(=O)NC1C(C)CCCC1C. The molecule has 3 heteroatoms. The van der Waals surface area contributed by atoms with Crippen LogP contribution < -0.4 is 10.6 Å². The van der Waals surface area contributed by atoms with Crippen LogP contribution in [-0.2, 0) is 4.79 Å². The van der Waals surface area contributed by atoms with Gasteiger partial charge in [-0.15, -0.1) is 0 Å². The second kappa shape index (κ2) is 5.35. The summed E-state index contributed by atoms with van der Waals surface area (Å²) in [6, 6.07) is 0.379. The predicted molar refractivity (Wildman–Crippen MR) is 58.0 cm³/mol. The second-order valence-electron chi connectivity index (χ2n) is 4.51. The zero-order valence-electron chi connectivity index (χ0n) is 9.47. The lowest BCUT2D eigenvalue weighted by Crippen LogP contribution is -2.48. The second-order valence-corrected chi connectivity index (χ2v) is 4.51. The number of nitrogens with one attached hydrogen (secondary N) is 2. The van der Waals surface area contributed by atoms with Crippen LogP contribution in [0.1, 0.15) is 33.1 Å². The van der Waals surface area contributed by atoms with E-state index in [2.05, 4.69) is 24.5 Å². The molecule has 1 aliphatic rings. The van der Waals surface area contributed by atoms with Gasteiger partial charge in [-0.2, -0.15) is 0 Å². The highest BCUT2D eigenvalue weighted by atomic mass is 16.1. The normalized spacial score (nSPS) is 32.6. The van der Waals surface area contributed by atoms with E-state index in [1.165, 1.54) is 19.3 Å². The average Bonchev–Trinajstić information content (AvgIpc) is 2.12. The van der Waals surface area contributed by atoms with Gasteiger partial charge in [0.1, 0.15) is 0 Å². The minimum absolute atomic E-state index is 0.123. The van der Waals surface area contributed by atoms with E-state index in [1.54, 1.807) is 7.05 Å². The molecule has 1 amide bonds. The lowest BCUT2D eigenvalue weighted by Gasteiger charge is -2.35. The first-order chi connectivity index (χ1) is 6.65. The lowest BCUT2D eigenvalue weighted by atomic mass is 9.79. The van der Waals surface area contributed by atoms with E-state index in [0.717, 1.165) is 0 Å². The molecule has 0 aliphatic heterocycles. The summed E-state index contributed by atoms with van der Waals surface area (Å²) in [5, 5.41) is 5.99. The number of amides is 1. The maximum atomic E-state index is 11.4. The number of rotatable bonds is 3. The van der Waals surface area contributed by atoms with Crippen LogP contribution in [0.3, 0.4) is 0 Å². The summed E-state index contributed by atoms with van der Waals surface area (Å²) in [4.78, 5) is 11.4. The van der Waals surface area contributed by atoms with Gasteiger partial charge in [0.15, 0.2) is 0 Å². The Kier molecular flexibility index (Phi) is 4.39. The van der Waals surface area contributed by atoms with Crippen LogP contribution in [-0.4, -0.2) is 25.5 Å². The van der Waals surface area contributed by atoms with Gasteiger partial charge in [-0.1, -0.05) is 20.3 Å². The minimum atomic E-state index is 0.123. The molecule has 0 aromatic rings. The summed E-state index contributed by atoms with van der Waals surface area (Å²) in [5.74, 6) is 1.37. The van der Waals surface area contributed by atoms with E-state index in [-0.39, 0.29) is 5.91 Å². The molecule has 2 atom stereocenters. The number of carbonyl (C=O) groups excluding carboxylic acids is 1. The van der Waals surface area contributed by atoms with E-state index >= 15 is 0 Å². The number of hydrogen-bond donors (Lipinski definition) is 2. The van der Waals surface area contributed by atoms with Gasteiger partial charge in [-0.25, -0.2) is 0 Å². The molecule has 0 heterocycles. The van der Waals surface area contributed by atoms with Gasteiger partial charge < -0.3 is 10.6 Å². The van der Waals surface area contributed by atoms with Gasteiger partial charge in [0.2, 0.25) is 5.91 Å². The summed E-state index contributed by atoms with van der Waals surface area (Å²) in [5.41, 5.74) is 0. The van der Waals surface area contributed by atoms with Crippen molar-refractivity contribution in [3.8, 4) is 0 Å². The molecule has 0 bridgehead atoms. The molecule has 1 rings (SSSR count). The van der Waals surface area contributed by atoms with E-state index in [9.17, 15) is 4.79 Å². The van der Waals surface area contributed by atoms with Gasteiger partial charge in [0, 0.05) is 6.04 Å². The molecule has 1 aliphatic carbocycles. The molecule has 82 valence electrons. The maximum Gasteiger partial charge on any atom is 0.234 e. The summed E-state index contributed by atoms with van der Waals surface area (Å²) in [6.07, 6.45) is 3.80. The number of likely N-dealkylation sites (N-methyl/N-ethyl adjacent to an activating group) is 1. The Bertz CT molecular complexity index is 184. The fraction of sp³-hybridized carbons (Fsp3) is 0.909. The van der Waals surface area contributed by atoms with Gasteiger partial charge in [0.05, 0.1) is 6.54 Å². The van der Waals surface area contributed by atoms with Crippen molar-refractivity contribution in [2.24, 2.45) is 11.8 Å². The molecule has 2 unspecified atom stereocenters. The Morgan fingerprint density at radius 2 is 1.86 bits per heavy atom. The topological polar surface area (TPSA) is 41.1 Å². The van der Waals surface area contributed by atoms with Crippen molar-refractivity contribution < 1.29 is 4.79 Å². The van der Waals surface area contributed by atoms with E-state index < -0.39 is 0 Å². The third-order valence-electron chi connectivity index (χ3n) is 3.21. The molecule has 0 radical (unpaired) electrons. The van der Waals surface area contributed by atoms with Crippen LogP contribution in [0.5, 0.6) is 0 Å². The van der Waals surface area contributed by atoms with E-state index in [4.69, 9.17) is 0 Å². The Morgan fingerprint density at radius 1 is 1.29 bits per heavy atom. The smallest absolute Gasteiger partial charge is 0.234 e. The van der Waals surface area contributed by atoms with Crippen molar-refractivity contribution >= 4 is 5.91 Å². The van der Waals surface area contributed by atoms with Crippen molar-refractivity contribution in [3.63, 3.8) is 0 Å². The Labute approximate surface area is 86.6 Å². The molecule has 3 nitrogen and oxygen atoms in total. The summed E-state index contributed by atoms with van der Waals surface area (Å²) in [7, 11) is 1.80. The largest absolute Gasteiger partial charge is 0.352 e. The number of hydrogen-bond acceptors (Lipinski definition) is 2. The fourth-order valence-corrected chi connectivity index (χ4v) is 2.36. The zero-order chi connectivity index (χ0) is 10.6. The molecular formula is C11H22N2O. The molecule has 0 aromatic carbocycles. The van der Waals surface area contributed by atoms with Gasteiger partial charge in [-0.05, 0) is 31.7 Å². The number of carbonyl (C=O) groups is 1. The quantitative estimate of drug-likeness (QED) is 0.714. The van der Waals surface area contributed by atoms with Crippen LogP contribution in [0, 0.1) is 11.8 Å². The average molecular weight is 198 g/mol. The van der Waals surface area contributed by atoms with Crippen LogP contribution >= 0.6 is 0 Å². The zero-order valence-corrected chi connectivity index (χ0v) is 9.47. The first-order valence-electron chi connectivity index (χ1n) is 5.59. The molecule has 0 aromatic heterocycles. The molecule has 1 saturated carbocycles. The molecule has 14 heavy (non-hydrogen) atoms. The standard InChI is InChI=1S/C11H22N2O/c1-8-5-4-6-9(2)11(8)13-10(14)7-12-3/h8-9,11-12H,4-7H2,1-3H3,(H,13,14). The summed E-state index contributed by atoms with van der Waals surface area (Å²) in [6.45, 7) is 4.90. The molecule has 1 fully saturated rings. The monoisotopic (exact) mass is 198 g/mol. The first-order valence-corrected chi connectivity index (χ1v) is 5.59. The highest BCUT2D eigenvalue weighted by Gasteiger charge is 2.28. The summed E-state index contributed by atoms with van der Waals surface area (Å²) < 4.78 is 0. The van der Waals surface area contributed by atoms with Crippen molar-refractivity contribution in [2.75, 3.05) is 13.6 Å². The lowest BCUT2D eigenvalue weighted by molar-refractivity contribution is -0.121. The van der Waals surface area contributed by atoms with Crippen molar-refractivity contribution in [1.29, 1.82) is 0 Å². The Hall–Kier alpha value is -0.570. The molecule has 0 spiro atoms.